The first-order chi connectivity index (χ1) is 5.83. The molecule has 0 N–H and O–H groups in total. The third kappa shape index (κ3) is 1.30. The zero-order valence-corrected chi connectivity index (χ0v) is 8.55. The van der Waals surface area contributed by atoms with Gasteiger partial charge < -0.3 is 0 Å². The minimum Gasteiger partial charge on any atom is -0.0654 e. The van der Waals surface area contributed by atoms with Gasteiger partial charge in [-0.15, -0.1) is 0 Å². The van der Waals surface area contributed by atoms with Gasteiger partial charge in [-0.05, 0) is 42.9 Å². The lowest BCUT2D eigenvalue weighted by Crippen LogP contribution is -2.11. The highest BCUT2D eigenvalue weighted by Gasteiger charge is 2.41. The first-order valence-electron chi connectivity index (χ1n) is 5.83. The SMILES string of the molecule is CCCC1CCC2C1CC[C@@H]2C. The Morgan fingerprint density at radius 1 is 1.00 bits per heavy atom. The van der Waals surface area contributed by atoms with E-state index in [0.717, 1.165) is 23.7 Å². The summed E-state index contributed by atoms with van der Waals surface area (Å²) in [5.41, 5.74) is 0. The average molecular weight is 166 g/mol. The highest BCUT2D eigenvalue weighted by molar-refractivity contribution is 4.92. The summed E-state index contributed by atoms with van der Waals surface area (Å²) in [7, 11) is 0. The molecule has 2 saturated carbocycles. The molecule has 0 spiro atoms. The van der Waals surface area contributed by atoms with E-state index in [1.54, 1.807) is 19.3 Å². The standard InChI is InChI=1S/C12H22/c1-3-4-10-6-8-11-9(2)5-7-12(10)11/h9-12H,3-8H2,1-2H3/t9-,10?,11?,12?/m0/s1. The van der Waals surface area contributed by atoms with Crippen LogP contribution in [-0.4, -0.2) is 0 Å². The Hall–Kier alpha value is 0. The molecule has 70 valence electrons. The zero-order chi connectivity index (χ0) is 8.55. The van der Waals surface area contributed by atoms with E-state index in [9.17, 15) is 0 Å². The fraction of sp³-hybridized carbons (Fsp3) is 1.00. The van der Waals surface area contributed by atoms with E-state index in [1.807, 2.05) is 0 Å². The van der Waals surface area contributed by atoms with Crippen molar-refractivity contribution in [1.82, 2.24) is 0 Å². The third-order valence-electron chi connectivity index (χ3n) is 4.37. The summed E-state index contributed by atoms with van der Waals surface area (Å²) < 4.78 is 0. The molecule has 4 atom stereocenters. The van der Waals surface area contributed by atoms with Gasteiger partial charge in [0.1, 0.15) is 0 Å². The highest BCUT2D eigenvalue weighted by Crippen LogP contribution is 2.51. The van der Waals surface area contributed by atoms with Crippen molar-refractivity contribution in [1.29, 1.82) is 0 Å². The molecule has 2 aliphatic rings. The van der Waals surface area contributed by atoms with E-state index in [0.29, 0.717) is 0 Å². The summed E-state index contributed by atoms with van der Waals surface area (Å²) in [6, 6.07) is 0. The monoisotopic (exact) mass is 166 g/mol. The largest absolute Gasteiger partial charge is 0.0654 e. The van der Waals surface area contributed by atoms with Crippen LogP contribution in [0.1, 0.15) is 52.4 Å². The van der Waals surface area contributed by atoms with Crippen molar-refractivity contribution in [3.05, 3.63) is 0 Å². The van der Waals surface area contributed by atoms with Gasteiger partial charge in [-0.2, -0.15) is 0 Å². The Labute approximate surface area is 76.7 Å². The predicted octanol–water partition coefficient (Wildman–Crippen LogP) is 3.86. The molecule has 0 aromatic carbocycles. The first-order valence-corrected chi connectivity index (χ1v) is 5.83. The second-order valence-corrected chi connectivity index (χ2v) is 5.01. The van der Waals surface area contributed by atoms with E-state index in [4.69, 9.17) is 0 Å². The second-order valence-electron chi connectivity index (χ2n) is 5.01. The van der Waals surface area contributed by atoms with Crippen molar-refractivity contribution < 1.29 is 0 Å². The van der Waals surface area contributed by atoms with Crippen molar-refractivity contribution in [2.24, 2.45) is 23.7 Å². The van der Waals surface area contributed by atoms with Crippen LogP contribution in [0.3, 0.4) is 0 Å². The van der Waals surface area contributed by atoms with Crippen molar-refractivity contribution >= 4 is 0 Å². The van der Waals surface area contributed by atoms with E-state index >= 15 is 0 Å². The third-order valence-corrected chi connectivity index (χ3v) is 4.37. The molecule has 0 bridgehead atoms. The van der Waals surface area contributed by atoms with Crippen molar-refractivity contribution in [3.8, 4) is 0 Å². The van der Waals surface area contributed by atoms with Gasteiger partial charge in [-0.3, -0.25) is 0 Å². The molecule has 0 heterocycles. The second kappa shape index (κ2) is 3.40. The fourth-order valence-electron chi connectivity index (χ4n) is 3.74. The van der Waals surface area contributed by atoms with Gasteiger partial charge in [0, 0.05) is 0 Å². The summed E-state index contributed by atoms with van der Waals surface area (Å²) in [6.45, 7) is 4.81. The minimum atomic E-state index is 1.05. The molecule has 0 amide bonds. The van der Waals surface area contributed by atoms with Gasteiger partial charge in [0.05, 0.1) is 0 Å². The van der Waals surface area contributed by atoms with Crippen LogP contribution in [-0.2, 0) is 0 Å². The normalized spacial score (nSPS) is 46.5. The van der Waals surface area contributed by atoms with Gasteiger partial charge >= 0.3 is 0 Å². The van der Waals surface area contributed by atoms with E-state index < -0.39 is 0 Å². The Balaban J connectivity index is 1.96. The molecule has 0 aliphatic heterocycles. The summed E-state index contributed by atoms with van der Waals surface area (Å²) in [6.07, 6.45) is 9.09. The molecule has 2 rings (SSSR count). The van der Waals surface area contributed by atoms with E-state index in [1.165, 1.54) is 19.3 Å². The molecule has 0 aromatic heterocycles. The Bertz CT molecular complexity index is 150. The average Bonchev–Trinajstić information content (AvgIpc) is 2.58. The molecule has 3 unspecified atom stereocenters. The van der Waals surface area contributed by atoms with Crippen molar-refractivity contribution in [2.75, 3.05) is 0 Å². The quantitative estimate of drug-likeness (QED) is 0.584. The topological polar surface area (TPSA) is 0 Å². The maximum absolute atomic E-state index is 2.47. The van der Waals surface area contributed by atoms with Gasteiger partial charge in [0.25, 0.3) is 0 Å². The molecule has 0 nitrogen and oxygen atoms in total. The number of hydrogen-bond acceptors (Lipinski definition) is 0. The van der Waals surface area contributed by atoms with Crippen LogP contribution < -0.4 is 0 Å². The molecule has 0 aromatic rings. The smallest absolute Gasteiger partial charge is 0.0355 e. The molecular weight excluding hydrogens is 144 g/mol. The summed E-state index contributed by atoms with van der Waals surface area (Å²) in [5, 5.41) is 0. The zero-order valence-electron chi connectivity index (χ0n) is 8.55. The molecular formula is C12H22. The lowest BCUT2D eigenvalue weighted by Gasteiger charge is -2.18. The van der Waals surface area contributed by atoms with Gasteiger partial charge in [0.15, 0.2) is 0 Å². The van der Waals surface area contributed by atoms with Crippen LogP contribution in [0, 0.1) is 23.7 Å². The van der Waals surface area contributed by atoms with Crippen molar-refractivity contribution in [2.45, 2.75) is 52.4 Å². The highest BCUT2D eigenvalue weighted by atomic mass is 14.5. The number of rotatable bonds is 2. The van der Waals surface area contributed by atoms with Gasteiger partial charge in [-0.25, -0.2) is 0 Å². The van der Waals surface area contributed by atoms with Crippen LogP contribution >= 0.6 is 0 Å². The molecule has 2 aliphatic carbocycles. The Kier molecular flexibility index (Phi) is 2.43. The number of fused-ring (bicyclic) bond motifs is 1. The maximum Gasteiger partial charge on any atom is -0.0355 e. The van der Waals surface area contributed by atoms with Gasteiger partial charge in [-0.1, -0.05) is 33.1 Å². The Morgan fingerprint density at radius 3 is 2.50 bits per heavy atom. The van der Waals surface area contributed by atoms with Crippen LogP contribution in [0.25, 0.3) is 0 Å². The lowest BCUT2D eigenvalue weighted by atomic mass is 9.87. The molecule has 2 fully saturated rings. The van der Waals surface area contributed by atoms with Crippen molar-refractivity contribution in [3.63, 3.8) is 0 Å². The lowest BCUT2D eigenvalue weighted by molar-refractivity contribution is 0.311. The summed E-state index contributed by atoms with van der Waals surface area (Å²) in [4.78, 5) is 0. The Morgan fingerprint density at radius 2 is 1.75 bits per heavy atom. The molecule has 0 radical (unpaired) electrons. The van der Waals surface area contributed by atoms with E-state index in [-0.39, 0.29) is 0 Å². The first kappa shape index (κ1) is 8.59. The molecule has 12 heavy (non-hydrogen) atoms. The molecule has 0 saturated heterocycles. The van der Waals surface area contributed by atoms with Crippen LogP contribution in [0.4, 0.5) is 0 Å². The summed E-state index contributed by atoms with van der Waals surface area (Å²) in [5.74, 6) is 4.43. The maximum atomic E-state index is 2.47. The predicted molar refractivity (Wildman–Crippen MR) is 53.0 cm³/mol. The minimum absolute atomic E-state index is 1.05. The number of hydrogen-bond donors (Lipinski definition) is 0. The van der Waals surface area contributed by atoms with Crippen LogP contribution in [0.5, 0.6) is 0 Å². The molecule has 0 heteroatoms. The van der Waals surface area contributed by atoms with Crippen LogP contribution in [0.15, 0.2) is 0 Å². The van der Waals surface area contributed by atoms with Gasteiger partial charge in [0.2, 0.25) is 0 Å². The van der Waals surface area contributed by atoms with Crippen LogP contribution in [0.2, 0.25) is 0 Å². The summed E-state index contributed by atoms with van der Waals surface area (Å²) >= 11 is 0. The fourth-order valence-corrected chi connectivity index (χ4v) is 3.74. The van der Waals surface area contributed by atoms with E-state index in [2.05, 4.69) is 13.8 Å².